The molecule has 0 heterocycles. The zero-order valence-electron chi connectivity index (χ0n) is 12.7. The zero-order valence-corrected chi connectivity index (χ0v) is 13.5. The lowest BCUT2D eigenvalue weighted by atomic mass is 9.83. The summed E-state index contributed by atoms with van der Waals surface area (Å²) in [7, 11) is -3.89. The summed E-state index contributed by atoms with van der Waals surface area (Å²) >= 11 is 0. The highest BCUT2D eigenvalue weighted by molar-refractivity contribution is 7.89. The fraction of sp³-hybridized carbons (Fsp3) is 0.353. The Bertz CT molecular complexity index is 839. The van der Waals surface area contributed by atoms with Crippen LogP contribution in [0.1, 0.15) is 32.1 Å². The molecule has 2 aromatic carbocycles. The van der Waals surface area contributed by atoms with Gasteiger partial charge >= 0.3 is 5.97 Å². The second-order valence-corrected chi connectivity index (χ2v) is 7.74. The fourth-order valence-electron chi connectivity index (χ4n) is 3.17. The van der Waals surface area contributed by atoms with E-state index in [0.29, 0.717) is 25.7 Å². The van der Waals surface area contributed by atoms with Crippen LogP contribution in [-0.2, 0) is 14.8 Å². The first-order valence-corrected chi connectivity index (χ1v) is 9.17. The predicted molar refractivity (Wildman–Crippen MR) is 87.7 cm³/mol. The van der Waals surface area contributed by atoms with Crippen LogP contribution in [-0.4, -0.2) is 25.0 Å². The quantitative estimate of drug-likeness (QED) is 0.901. The lowest BCUT2D eigenvalue weighted by Gasteiger charge is -2.33. The van der Waals surface area contributed by atoms with Crippen LogP contribution in [0.4, 0.5) is 0 Å². The molecule has 0 atom stereocenters. The minimum Gasteiger partial charge on any atom is -0.480 e. The summed E-state index contributed by atoms with van der Waals surface area (Å²) in [5.41, 5.74) is -1.39. The molecule has 1 fully saturated rings. The van der Waals surface area contributed by atoms with Gasteiger partial charge in [-0.05, 0) is 35.7 Å². The third-order valence-corrected chi connectivity index (χ3v) is 6.01. The highest BCUT2D eigenvalue weighted by Crippen LogP contribution is 2.30. The Morgan fingerprint density at radius 2 is 1.65 bits per heavy atom. The Morgan fingerprint density at radius 3 is 2.30 bits per heavy atom. The van der Waals surface area contributed by atoms with E-state index < -0.39 is 21.5 Å². The molecule has 3 rings (SSSR count). The Labute approximate surface area is 135 Å². The van der Waals surface area contributed by atoms with Gasteiger partial charge < -0.3 is 5.11 Å². The van der Waals surface area contributed by atoms with Gasteiger partial charge in [-0.25, -0.2) is 8.42 Å². The van der Waals surface area contributed by atoms with E-state index in [1.807, 2.05) is 24.3 Å². The van der Waals surface area contributed by atoms with Gasteiger partial charge in [0.2, 0.25) is 10.0 Å². The average Bonchev–Trinajstić information content (AvgIpc) is 2.54. The predicted octanol–water partition coefficient (Wildman–Crippen LogP) is 2.91. The highest BCUT2D eigenvalue weighted by Gasteiger charge is 2.43. The SMILES string of the molecule is O=C(O)C1(NS(=O)(=O)c2ccc3ccccc3c2)CCCCC1. The molecule has 1 saturated carbocycles. The number of benzene rings is 2. The van der Waals surface area contributed by atoms with E-state index >= 15 is 0 Å². The van der Waals surface area contributed by atoms with Gasteiger partial charge in [-0.15, -0.1) is 0 Å². The van der Waals surface area contributed by atoms with E-state index in [1.165, 1.54) is 6.07 Å². The third-order valence-electron chi connectivity index (χ3n) is 4.48. The van der Waals surface area contributed by atoms with Crippen LogP contribution < -0.4 is 4.72 Å². The van der Waals surface area contributed by atoms with Crippen LogP contribution in [0.15, 0.2) is 47.4 Å². The Balaban J connectivity index is 1.97. The summed E-state index contributed by atoms with van der Waals surface area (Å²) in [5, 5.41) is 11.3. The van der Waals surface area contributed by atoms with Gasteiger partial charge in [-0.1, -0.05) is 49.6 Å². The Morgan fingerprint density at radius 1 is 1.00 bits per heavy atom. The van der Waals surface area contributed by atoms with E-state index in [2.05, 4.69) is 4.72 Å². The van der Waals surface area contributed by atoms with Gasteiger partial charge in [-0.3, -0.25) is 4.79 Å². The number of aliphatic carboxylic acids is 1. The van der Waals surface area contributed by atoms with Gasteiger partial charge in [0.15, 0.2) is 0 Å². The molecular formula is C17H19NO4S. The van der Waals surface area contributed by atoms with Crippen molar-refractivity contribution in [3.05, 3.63) is 42.5 Å². The number of hydrogen-bond acceptors (Lipinski definition) is 3. The number of sulfonamides is 1. The number of hydrogen-bond donors (Lipinski definition) is 2. The Kier molecular flexibility index (Phi) is 4.12. The largest absolute Gasteiger partial charge is 0.480 e. The molecule has 23 heavy (non-hydrogen) atoms. The van der Waals surface area contributed by atoms with Crippen LogP contribution in [0.3, 0.4) is 0 Å². The van der Waals surface area contributed by atoms with Gasteiger partial charge in [0.05, 0.1) is 4.90 Å². The maximum absolute atomic E-state index is 12.7. The monoisotopic (exact) mass is 333 g/mol. The first kappa shape index (κ1) is 16.0. The topological polar surface area (TPSA) is 83.5 Å². The van der Waals surface area contributed by atoms with Crippen LogP contribution in [0.2, 0.25) is 0 Å². The van der Waals surface area contributed by atoms with Crippen LogP contribution in [0, 0.1) is 0 Å². The van der Waals surface area contributed by atoms with Crippen LogP contribution >= 0.6 is 0 Å². The first-order valence-electron chi connectivity index (χ1n) is 7.69. The number of rotatable bonds is 4. The first-order chi connectivity index (χ1) is 10.9. The summed E-state index contributed by atoms with van der Waals surface area (Å²) in [4.78, 5) is 11.8. The normalized spacial score (nSPS) is 17.9. The number of nitrogens with one attached hydrogen (secondary N) is 1. The van der Waals surface area contributed by atoms with Crippen molar-refractivity contribution < 1.29 is 18.3 Å². The van der Waals surface area contributed by atoms with Gasteiger partial charge in [0.25, 0.3) is 0 Å². The fourth-order valence-corrected chi connectivity index (χ4v) is 4.62. The molecule has 0 saturated heterocycles. The molecule has 0 aliphatic heterocycles. The number of fused-ring (bicyclic) bond motifs is 1. The van der Waals surface area contributed by atoms with Crippen molar-refractivity contribution in [3.8, 4) is 0 Å². The summed E-state index contributed by atoms with van der Waals surface area (Å²) in [6.45, 7) is 0. The molecule has 0 unspecified atom stereocenters. The molecule has 0 amide bonds. The van der Waals surface area contributed by atoms with E-state index in [4.69, 9.17) is 0 Å². The molecule has 0 aromatic heterocycles. The summed E-state index contributed by atoms with van der Waals surface area (Å²) in [5.74, 6) is -1.10. The minimum atomic E-state index is -3.89. The molecule has 0 bridgehead atoms. The van der Waals surface area contributed by atoms with E-state index in [-0.39, 0.29) is 4.90 Å². The highest BCUT2D eigenvalue weighted by atomic mass is 32.2. The molecule has 2 N–H and O–H groups in total. The summed E-state index contributed by atoms with van der Waals surface area (Å²) < 4.78 is 27.8. The van der Waals surface area contributed by atoms with Crippen molar-refractivity contribution in [1.82, 2.24) is 4.72 Å². The van der Waals surface area contributed by atoms with E-state index in [9.17, 15) is 18.3 Å². The Hall–Kier alpha value is -1.92. The second kappa shape index (κ2) is 5.94. The summed E-state index contributed by atoms with van der Waals surface area (Å²) in [6.07, 6.45) is 3.02. The van der Waals surface area contributed by atoms with Gasteiger partial charge in [0.1, 0.15) is 5.54 Å². The molecule has 2 aromatic rings. The van der Waals surface area contributed by atoms with Crippen molar-refractivity contribution in [1.29, 1.82) is 0 Å². The number of carboxylic acids is 1. The van der Waals surface area contributed by atoms with E-state index in [0.717, 1.165) is 17.2 Å². The molecule has 0 radical (unpaired) electrons. The van der Waals surface area contributed by atoms with Crippen LogP contribution in [0.25, 0.3) is 10.8 Å². The number of carbonyl (C=O) groups is 1. The maximum atomic E-state index is 12.7. The molecule has 6 heteroatoms. The lowest BCUT2D eigenvalue weighted by molar-refractivity contribution is -0.145. The third kappa shape index (κ3) is 3.09. The molecular weight excluding hydrogens is 314 g/mol. The average molecular weight is 333 g/mol. The smallest absolute Gasteiger partial charge is 0.324 e. The summed E-state index contributed by atoms with van der Waals surface area (Å²) in [6, 6.07) is 12.3. The van der Waals surface area contributed by atoms with Crippen molar-refractivity contribution in [2.75, 3.05) is 0 Å². The molecule has 122 valence electrons. The molecule has 5 nitrogen and oxygen atoms in total. The van der Waals surface area contributed by atoms with E-state index in [1.54, 1.807) is 12.1 Å². The standard InChI is InChI=1S/C17H19NO4S/c19-16(20)17(10-4-1-5-11-17)18-23(21,22)15-9-8-13-6-2-3-7-14(13)12-15/h2-3,6-9,12,18H,1,4-5,10-11H2,(H,19,20). The van der Waals surface area contributed by atoms with Gasteiger partial charge in [-0.2, -0.15) is 4.72 Å². The van der Waals surface area contributed by atoms with Crippen molar-refractivity contribution >= 4 is 26.8 Å². The van der Waals surface area contributed by atoms with Crippen LogP contribution in [0.5, 0.6) is 0 Å². The minimum absolute atomic E-state index is 0.0994. The lowest BCUT2D eigenvalue weighted by Crippen LogP contribution is -2.55. The molecule has 0 spiro atoms. The maximum Gasteiger partial charge on any atom is 0.324 e. The second-order valence-electron chi connectivity index (χ2n) is 6.06. The molecule has 1 aliphatic carbocycles. The van der Waals surface area contributed by atoms with Crippen molar-refractivity contribution in [2.45, 2.75) is 42.5 Å². The van der Waals surface area contributed by atoms with Crippen molar-refractivity contribution in [3.63, 3.8) is 0 Å². The van der Waals surface area contributed by atoms with Crippen molar-refractivity contribution in [2.24, 2.45) is 0 Å². The number of carboxylic acid groups (broad SMARTS) is 1. The van der Waals surface area contributed by atoms with Gasteiger partial charge in [0, 0.05) is 0 Å². The molecule has 1 aliphatic rings. The zero-order chi connectivity index (χ0) is 16.5.